The monoisotopic (exact) mass is 326 g/mol. The molecule has 0 bridgehead atoms. The molecule has 2 rings (SSSR count). The van der Waals surface area contributed by atoms with Crippen molar-refractivity contribution in [2.45, 2.75) is 30.4 Å². The predicted molar refractivity (Wildman–Crippen MR) is 80.4 cm³/mol. The molecule has 1 heterocycles. The van der Waals surface area contributed by atoms with E-state index in [-0.39, 0.29) is 11.9 Å². The van der Waals surface area contributed by atoms with Gasteiger partial charge in [-0.15, -0.1) is 11.8 Å². The Hall–Kier alpha value is -1.53. The minimum absolute atomic E-state index is 0.267. The number of benzene rings is 1. The van der Waals surface area contributed by atoms with Gasteiger partial charge in [-0.1, -0.05) is 28.9 Å². The third-order valence-electron chi connectivity index (χ3n) is 2.69. The van der Waals surface area contributed by atoms with E-state index in [0.29, 0.717) is 23.2 Å². The molecule has 0 aliphatic rings. The lowest BCUT2D eigenvalue weighted by Crippen LogP contribution is -2.13. The molecule has 0 spiro atoms. The van der Waals surface area contributed by atoms with Crippen molar-refractivity contribution < 1.29 is 14.1 Å². The van der Waals surface area contributed by atoms with Gasteiger partial charge < -0.3 is 9.26 Å². The molecule has 5 nitrogen and oxygen atoms in total. The smallest absolute Gasteiger partial charge is 0.318 e. The molecule has 0 fully saturated rings. The largest absolute Gasteiger partial charge is 0.465 e. The molecule has 0 aliphatic carbocycles. The molecule has 112 valence electrons. The van der Waals surface area contributed by atoms with Gasteiger partial charge in [-0.25, -0.2) is 0 Å². The first kappa shape index (κ1) is 15.9. The number of hydrogen-bond donors (Lipinski definition) is 0. The highest BCUT2D eigenvalue weighted by Gasteiger charge is 2.23. The van der Waals surface area contributed by atoms with Crippen LogP contribution >= 0.6 is 23.4 Å². The van der Waals surface area contributed by atoms with Gasteiger partial charge >= 0.3 is 5.97 Å². The highest BCUT2D eigenvalue weighted by molar-refractivity contribution is 7.98. The molecule has 0 N–H and O–H groups in total. The molecule has 0 amide bonds. The summed E-state index contributed by atoms with van der Waals surface area (Å²) < 4.78 is 10.0. The van der Waals surface area contributed by atoms with Gasteiger partial charge in [-0.05, 0) is 26.0 Å². The number of carbonyl (C=O) groups is 1. The topological polar surface area (TPSA) is 65.2 Å². The van der Waals surface area contributed by atoms with E-state index in [1.807, 2.05) is 24.3 Å². The SMILES string of the molecule is CCOC(=O)C(C)c1nc(CSc2ccccc2Cl)no1. The molecular formula is C14H15ClN2O3S. The second-order valence-corrected chi connectivity index (χ2v) is 5.67. The van der Waals surface area contributed by atoms with E-state index in [0.717, 1.165) is 4.90 Å². The molecule has 1 atom stereocenters. The molecule has 0 saturated heterocycles. The van der Waals surface area contributed by atoms with Crippen molar-refractivity contribution in [3.63, 3.8) is 0 Å². The van der Waals surface area contributed by atoms with Crippen LogP contribution in [0, 0.1) is 0 Å². The maximum Gasteiger partial charge on any atom is 0.318 e. The number of carbonyl (C=O) groups excluding carboxylic acids is 1. The number of nitrogens with zero attached hydrogens (tertiary/aromatic N) is 2. The first-order valence-electron chi connectivity index (χ1n) is 6.48. The Morgan fingerprint density at radius 1 is 1.48 bits per heavy atom. The highest BCUT2D eigenvalue weighted by Crippen LogP contribution is 2.29. The number of esters is 1. The van der Waals surface area contributed by atoms with Crippen LogP contribution in [0.15, 0.2) is 33.7 Å². The lowest BCUT2D eigenvalue weighted by molar-refractivity contribution is -0.145. The number of aromatic nitrogens is 2. The van der Waals surface area contributed by atoms with Crippen LogP contribution < -0.4 is 0 Å². The van der Waals surface area contributed by atoms with Crippen molar-refractivity contribution in [1.82, 2.24) is 10.1 Å². The summed E-state index contributed by atoms with van der Waals surface area (Å²) in [6.07, 6.45) is 0. The van der Waals surface area contributed by atoms with Gasteiger partial charge in [0.2, 0.25) is 5.89 Å². The number of thioether (sulfide) groups is 1. The zero-order chi connectivity index (χ0) is 15.2. The zero-order valence-corrected chi connectivity index (χ0v) is 13.3. The predicted octanol–water partition coefficient (Wildman–Crippen LogP) is 3.68. The van der Waals surface area contributed by atoms with Gasteiger partial charge in [-0.2, -0.15) is 4.98 Å². The van der Waals surface area contributed by atoms with E-state index in [2.05, 4.69) is 10.1 Å². The minimum atomic E-state index is -0.559. The fourth-order valence-electron chi connectivity index (χ4n) is 1.57. The molecule has 1 aromatic heterocycles. The maximum absolute atomic E-state index is 11.6. The van der Waals surface area contributed by atoms with Crippen LogP contribution in [0.3, 0.4) is 0 Å². The van der Waals surface area contributed by atoms with Crippen LogP contribution in [-0.4, -0.2) is 22.7 Å². The lowest BCUT2D eigenvalue weighted by Gasteiger charge is -2.04. The van der Waals surface area contributed by atoms with Gasteiger partial charge in [-0.3, -0.25) is 4.79 Å². The molecule has 2 aromatic rings. The third-order valence-corrected chi connectivity index (χ3v) is 4.20. The van der Waals surface area contributed by atoms with E-state index < -0.39 is 5.92 Å². The van der Waals surface area contributed by atoms with E-state index >= 15 is 0 Å². The molecule has 21 heavy (non-hydrogen) atoms. The van der Waals surface area contributed by atoms with E-state index in [1.165, 1.54) is 11.8 Å². The number of hydrogen-bond acceptors (Lipinski definition) is 6. The number of rotatable bonds is 6. The first-order chi connectivity index (χ1) is 10.1. The summed E-state index contributed by atoms with van der Waals surface area (Å²) >= 11 is 7.59. The fraction of sp³-hybridized carbons (Fsp3) is 0.357. The average molecular weight is 327 g/mol. The van der Waals surface area contributed by atoms with Gasteiger partial charge in [0.1, 0.15) is 5.92 Å². The highest BCUT2D eigenvalue weighted by atomic mass is 35.5. The van der Waals surface area contributed by atoms with Crippen molar-refractivity contribution in [2.24, 2.45) is 0 Å². The molecule has 0 radical (unpaired) electrons. The Bertz CT molecular complexity index is 618. The normalized spacial score (nSPS) is 12.1. The Morgan fingerprint density at radius 2 is 2.24 bits per heavy atom. The summed E-state index contributed by atoms with van der Waals surface area (Å²) in [6, 6.07) is 7.54. The average Bonchev–Trinajstić information content (AvgIpc) is 2.95. The Morgan fingerprint density at radius 3 is 2.95 bits per heavy atom. The summed E-state index contributed by atoms with van der Waals surface area (Å²) in [7, 11) is 0. The summed E-state index contributed by atoms with van der Waals surface area (Å²) in [6.45, 7) is 3.76. The van der Waals surface area contributed by atoms with Crippen LogP contribution in [0.1, 0.15) is 31.5 Å². The fourth-order valence-corrected chi connectivity index (χ4v) is 2.66. The second-order valence-electron chi connectivity index (χ2n) is 4.24. The Balaban J connectivity index is 1.97. The Labute approximate surface area is 132 Å². The standard InChI is InChI=1S/C14H15ClN2O3S/c1-3-19-14(18)9(2)13-16-12(17-20-13)8-21-11-7-5-4-6-10(11)15/h4-7,9H,3,8H2,1-2H3. The van der Waals surface area contributed by atoms with Gasteiger partial charge in [0.05, 0.1) is 17.4 Å². The van der Waals surface area contributed by atoms with E-state index in [4.69, 9.17) is 20.9 Å². The summed E-state index contributed by atoms with van der Waals surface area (Å²) in [5.41, 5.74) is 0. The van der Waals surface area contributed by atoms with Crippen LogP contribution in [0.5, 0.6) is 0 Å². The van der Waals surface area contributed by atoms with Crippen molar-refractivity contribution in [3.05, 3.63) is 41.0 Å². The molecule has 0 saturated carbocycles. The van der Waals surface area contributed by atoms with Crippen LogP contribution in [0.2, 0.25) is 5.02 Å². The number of halogens is 1. The number of ether oxygens (including phenoxy) is 1. The third kappa shape index (κ3) is 4.22. The van der Waals surface area contributed by atoms with Gasteiger partial charge in [0, 0.05) is 4.90 Å². The molecule has 1 unspecified atom stereocenters. The van der Waals surface area contributed by atoms with Crippen molar-refractivity contribution in [2.75, 3.05) is 6.61 Å². The van der Waals surface area contributed by atoms with E-state index in [9.17, 15) is 4.79 Å². The summed E-state index contributed by atoms with van der Waals surface area (Å²) in [4.78, 5) is 16.8. The van der Waals surface area contributed by atoms with Gasteiger partial charge in [0.15, 0.2) is 5.82 Å². The zero-order valence-electron chi connectivity index (χ0n) is 11.7. The summed E-state index contributed by atoms with van der Waals surface area (Å²) in [5, 5.41) is 4.55. The molecule has 7 heteroatoms. The minimum Gasteiger partial charge on any atom is -0.465 e. The van der Waals surface area contributed by atoms with Crippen molar-refractivity contribution in [3.8, 4) is 0 Å². The quantitative estimate of drug-likeness (QED) is 0.596. The van der Waals surface area contributed by atoms with E-state index in [1.54, 1.807) is 13.8 Å². The molecule has 0 aliphatic heterocycles. The molecule has 1 aromatic carbocycles. The van der Waals surface area contributed by atoms with Crippen LogP contribution in [-0.2, 0) is 15.3 Å². The van der Waals surface area contributed by atoms with Crippen molar-refractivity contribution >= 4 is 29.3 Å². The summed E-state index contributed by atoms with van der Waals surface area (Å²) in [5.74, 6) is 0.375. The second kappa shape index (κ2) is 7.47. The van der Waals surface area contributed by atoms with Crippen LogP contribution in [0.4, 0.5) is 0 Å². The Kier molecular flexibility index (Phi) is 5.64. The lowest BCUT2D eigenvalue weighted by atomic mass is 10.2. The van der Waals surface area contributed by atoms with Gasteiger partial charge in [0.25, 0.3) is 0 Å². The van der Waals surface area contributed by atoms with Crippen LogP contribution in [0.25, 0.3) is 0 Å². The first-order valence-corrected chi connectivity index (χ1v) is 7.84. The molecular weight excluding hydrogens is 312 g/mol. The van der Waals surface area contributed by atoms with Crippen molar-refractivity contribution in [1.29, 1.82) is 0 Å². The maximum atomic E-state index is 11.6.